The highest BCUT2D eigenvalue weighted by Gasteiger charge is 2.22. The summed E-state index contributed by atoms with van der Waals surface area (Å²) >= 11 is 3.44. The molecule has 1 fully saturated rings. The van der Waals surface area contributed by atoms with Gasteiger partial charge in [-0.15, -0.1) is 0 Å². The Kier molecular flexibility index (Phi) is 4.81. The third-order valence-corrected chi connectivity index (χ3v) is 4.16. The van der Waals surface area contributed by atoms with Crippen molar-refractivity contribution in [3.63, 3.8) is 0 Å². The third-order valence-electron chi connectivity index (χ3n) is 3.67. The van der Waals surface area contributed by atoms with Gasteiger partial charge in [0.15, 0.2) is 0 Å². The SMILES string of the molecule is COc1ccc(Br)cc1CC(=O)C1CCCCC1. The standard InChI is InChI=1S/C15H19BrO2/c1-18-15-8-7-13(16)9-12(15)10-14(17)11-5-3-2-4-6-11/h7-9,11H,2-6,10H2,1H3. The summed E-state index contributed by atoms with van der Waals surface area (Å²) in [6, 6.07) is 5.83. The Hall–Kier alpha value is -0.830. The summed E-state index contributed by atoms with van der Waals surface area (Å²) in [4.78, 5) is 12.3. The summed E-state index contributed by atoms with van der Waals surface area (Å²) in [7, 11) is 1.65. The minimum atomic E-state index is 0.266. The van der Waals surface area contributed by atoms with Crippen molar-refractivity contribution in [2.45, 2.75) is 38.5 Å². The molecule has 1 aromatic rings. The Bertz CT molecular complexity index is 423. The number of methoxy groups -OCH3 is 1. The van der Waals surface area contributed by atoms with Gasteiger partial charge in [-0.05, 0) is 31.0 Å². The van der Waals surface area contributed by atoms with Crippen LogP contribution >= 0.6 is 15.9 Å². The predicted molar refractivity (Wildman–Crippen MR) is 76.0 cm³/mol. The molecule has 18 heavy (non-hydrogen) atoms. The van der Waals surface area contributed by atoms with Crippen LogP contribution in [-0.2, 0) is 11.2 Å². The molecule has 0 aromatic heterocycles. The van der Waals surface area contributed by atoms with E-state index in [9.17, 15) is 4.79 Å². The third kappa shape index (κ3) is 3.35. The van der Waals surface area contributed by atoms with Crippen LogP contribution in [0.2, 0.25) is 0 Å². The average molecular weight is 311 g/mol. The number of ether oxygens (including phenoxy) is 1. The van der Waals surface area contributed by atoms with Gasteiger partial charge in [-0.2, -0.15) is 0 Å². The number of ketones is 1. The molecular weight excluding hydrogens is 292 g/mol. The van der Waals surface area contributed by atoms with Crippen molar-refractivity contribution in [1.29, 1.82) is 0 Å². The lowest BCUT2D eigenvalue weighted by Crippen LogP contribution is -2.19. The fourth-order valence-corrected chi connectivity index (χ4v) is 3.05. The number of carbonyl (C=O) groups excluding carboxylic acids is 1. The maximum Gasteiger partial charge on any atom is 0.140 e. The summed E-state index contributed by atoms with van der Waals surface area (Å²) < 4.78 is 6.31. The molecule has 0 spiro atoms. The predicted octanol–water partition coefficient (Wildman–Crippen LogP) is 4.15. The van der Waals surface area contributed by atoms with Gasteiger partial charge in [-0.25, -0.2) is 0 Å². The van der Waals surface area contributed by atoms with Crippen LogP contribution in [0.1, 0.15) is 37.7 Å². The van der Waals surface area contributed by atoms with Gasteiger partial charge in [0.05, 0.1) is 7.11 Å². The first-order chi connectivity index (χ1) is 8.70. The van der Waals surface area contributed by atoms with E-state index in [-0.39, 0.29) is 5.92 Å². The lowest BCUT2D eigenvalue weighted by atomic mass is 9.84. The first kappa shape index (κ1) is 13.6. The van der Waals surface area contributed by atoms with Gasteiger partial charge in [0.1, 0.15) is 11.5 Å². The van der Waals surface area contributed by atoms with E-state index in [1.54, 1.807) is 7.11 Å². The molecule has 1 aromatic carbocycles. The van der Waals surface area contributed by atoms with Crippen LogP contribution in [0.5, 0.6) is 5.75 Å². The Morgan fingerprint density at radius 3 is 2.72 bits per heavy atom. The molecule has 0 amide bonds. The highest BCUT2D eigenvalue weighted by molar-refractivity contribution is 9.10. The Morgan fingerprint density at radius 2 is 2.06 bits per heavy atom. The molecule has 1 aliphatic carbocycles. The smallest absolute Gasteiger partial charge is 0.140 e. The van der Waals surface area contributed by atoms with Gasteiger partial charge in [0, 0.05) is 22.4 Å². The van der Waals surface area contributed by atoms with E-state index in [1.165, 1.54) is 19.3 Å². The lowest BCUT2D eigenvalue weighted by molar-refractivity contribution is -0.123. The van der Waals surface area contributed by atoms with E-state index in [4.69, 9.17) is 4.74 Å². The van der Waals surface area contributed by atoms with Crippen molar-refractivity contribution < 1.29 is 9.53 Å². The van der Waals surface area contributed by atoms with Crippen molar-refractivity contribution >= 4 is 21.7 Å². The first-order valence-corrected chi connectivity index (χ1v) is 7.35. The quantitative estimate of drug-likeness (QED) is 0.835. The van der Waals surface area contributed by atoms with Gasteiger partial charge in [-0.1, -0.05) is 35.2 Å². The van der Waals surface area contributed by atoms with E-state index in [1.807, 2.05) is 18.2 Å². The van der Waals surface area contributed by atoms with E-state index in [0.29, 0.717) is 12.2 Å². The van der Waals surface area contributed by atoms with Gasteiger partial charge >= 0.3 is 0 Å². The molecule has 0 N–H and O–H groups in total. The monoisotopic (exact) mass is 310 g/mol. The summed E-state index contributed by atoms with van der Waals surface area (Å²) in [6.07, 6.45) is 6.31. The minimum Gasteiger partial charge on any atom is -0.496 e. The van der Waals surface area contributed by atoms with Crippen LogP contribution < -0.4 is 4.74 Å². The lowest BCUT2D eigenvalue weighted by Gasteiger charge is -2.20. The summed E-state index contributed by atoms with van der Waals surface area (Å²) in [5.74, 6) is 1.44. The Labute approximate surface area is 117 Å². The van der Waals surface area contributed by atoms with Crippen molar-refractivity contribution in [2.75, 3.05) is 7.11 Å². The van der Waals surface area contributed by atoms with Crippen LogP contribution in [0.15, 0.2) is 22.7 Å². The van der Waals surface area contributed by atoms with E-state index in [0.717, 1.165) is 28.6 Å². The van der Waals surface area contributed by atoms with Crippen LogP contribution in [-0.4, -0.2) is 12.9 Å². The number of Topliss-reactive ketones (excluding diaryl/α,β-unsaturated/α-hetero) is 1. The molecule has 2 rings (SSSR count). The molecule has 2 nitrogen and oxygen atoms in total. The molecule has 1 saturated carbocycles. The molecule has 0 saturated heterocycles. The van der Waals surface area contributed by atoms with E-state index in [2.05, 4.69) is 15.9 Å². The second-order valence-corrected chi connectivity index (χ2v) is 5.85. The topological polar surface area (TPSA) is 26.3 Å². The number of rotatable bonds is 4. The van der Waals surface area contributed by atoms with Crippen molar-refractivity contribution in [3.8, 4) is 5.75 Å². The average Bonchev–Trinajstić information content (AvgIpc) is 2.40. The fraction of sp³-hybridized carbons (Fsp3) is 0.533. The molecule has 98 valence electrons. The molecular formula is C15H19BrO2. The van der Waals surface area contributed by atoms with Crippen molar-refractivity contribution in [1.82, 2.24) is 0 Å². The number of carbonyl (C=O) groups is 1. The first-order valence-electron chi connectivity index (χ1n) is 6.56. The normalized spacial score (nSPS) is 16.6. The molecule has 0 atom stereocenters. The molecule has 0 heterocycles. The molecule has 1 aliphatic rings. The van der Waals surface area contributed by atoms with Gasteiger partial charge in [0.25, 0.3) is 0 Å². The second-order valence-electron chi connectivity index (χ2n) is 4.93. The minimum absolute atomic E-state index is 0.266. The Morgan fingerprint density at radius 1 is 1.33 bits per heavy atom. The molecule has 0 bridgehead atoms. The molecule has 3 heteroatoms. The van der Waals surface area contributed by atoms with Gasteiger partial charge < -0.3 is 4.74 Å². The summed E-state index contributed by atoms with van der Waals surface area (Å²) in [5, 5.41) is 0. The maximum absolute atomic E-state index is 12.3. The summed E-state index contributed by atoms with van der Waals surface area (Å²) in [6.45, 7) is 0. The second kappa shape index (κ2) is 6.37. The van der Waals surface area contributed by atoms with E-state index < -0.39 is 0 Å². The zero-order valence-electron chi connectivity index (χ0n) is 10.7. The number of hydrogen-bond donors (Lipinski definition) is 0. The zero-order chi connectivity index (χ0) is 13.0. The number of halogens is 1. The zero-order valence-corrected chi connectivity index (χ0v) is 12.3. The van der Waals surface area contributed by atoms with Gasteiger partial charge in [-0.3, -0.25) is 4.79 Å². The Balaban J connectivity index is 2.07. The molecule has 0 aliphatic heterocycles. The summed E-state index contributed by atoms with van der Waals surface area (Å²) in [5.41, 5.74) is 0.988. The number of hydrogen-bond acceptors (Lipinski definition) is 2. The number of benzene rings is 1. The van der Waals surface area contributed by atoms with Crippen LogP contribution in [0.4, 0.5) is 0 Å². The van der Waals surface area contributed by atoms with Crippen LogP contribution in [0, 0.1) is 5.92 Å². The van der Waals surface area contributed by atoms with Crippen molar-refractivity contribution in [2.24, 2.45) is 5.92 Å². The maximum atomic E-state index is 12.3. The highest BCUT2D eigenvalue weighted by atomic mass is 79.9. The van der Waals surface area contributed by atoms with Crippen molar-refractivity contribution in [3.05, 3.63) is 28.2 Å². The molecule has 0 radical (unpaired) electrons. The molecule has 0 unspecified atom stereocenters. The fourth-order valence-electron chi connectivity index (χ4n) is 2.64. The van der Waals surface area contributed by atoms with Crippen LogP contribution in [0.3, 0.4) is 0 Å². The van der Waals surface area contributed by atoms with Crippen LogP contribution in [0.25, 0.3) is 0 Å². The largest absolute Gasteiger partial charge is 0.496 e. The van der Waals surface area contributed by atoms with E-state index >= 15 is 0 Å². The highest BCUT2D eigenvalue weighted by Crippen LogP contribution is 2.28. The van der Waals surface area contributed by atoms with Gasteiger partial charge in [0.2, 0.25) is 0 Å².